The van der Waals surface area contributed by atoms with E-state index < -0.39 is 0 Å². The summed E-state index contributed by atoms with van der Waals surface area (Å²) in [6, 6.07) is 15.6. The summed E-state index contributed by atoms with van der Waals surface area (Å²) in [7, 11) is 0. The van der Waals surface area contributed by atoms with Crippen LogP contribution in [-0.4, -0.2) is 25.6 Å². The van der Waals surface area contributed by atoms with Crippen molar-refractivity contribution in [2.75, 3.05) is 19.8 Å². The van der Waals surface area contributed by atoms with E-state index in [9.17, 15) is 9.59 Å². The Labute approximate surface area is 213 Å². The summed E-state index contributed by atoms with van der Waals surface area (Å²) in [6.07, 6.45) is 1.42. The second-order valence-electron chi connectivity index (χ2n) is 8.60. The van der Waals surface area contributed by atoms with Gasteiger partial charge in [0.2, 0.25) is 5.43 Å². The molecule has 1 aliphatic rings. The van der Waals surface area contributed by atoms with Gasteiger partial charge in [-0.2, -0.15) is 0 Å². The topological polar surface area (TPSA) is 75.0 Å². The van der Waals surface area contributed by atoms with Gasteiger partial charge in [-0.1, -0.05) is 24.6 Å². The fourth-order valence-corrected chi connectivity index (χ4v) is 4.43. The van der Waals surface area contributed by atoms with E-state index in [4.69, 9.17) is 30.2 Å². The van der Waals surface area contributed by atoms with E-state index in [1.807, 2.05) is 25.1 Å². The Kier molecular flexibility index (Phi) is 6.70. The Morgan fingerprint density at radius 1 is 1.00 bits per heavy atom. The summed E-state index contributed by atoms with van der Waals surface area (Å²) >= 11 is 5.91. The summed E-state index contributed by atoms with van der Waals surface area (Å²) < 4.78 is 23.5. The molecule has 0 radical (unpaired) electrons. The molecule has 184 valence electrons. The van der Waals surface area contributed by atoms with Gasteiger partial charge in [-0.25, -0.2) is 0 Å². The third-order valence-corrected chi connectivity index (χ3v) is 6.44. The van der Waals surface area contributed by atoms with Crippen LogP contribution in [-0.2, 0) is 6.42 Å². The number of carbonyl (C=O) groups is 1. The van der Waals surface area contributed by atoms with Crippen molar-refractivity contribution >= 4 is 28.4 Å². The third kappa shape index (κ3) is 4.69. The van der Waals surface area contributed by atoms with Gasteiger partial charge in [0, 0.05) is 23.1 Å². The summed E-state index contributed by atoms with van der Waals surface area (Å²) in [5, 5.41) is 1.02. The van der Waals surface area contributed by atoms with E-state index in [0.717, 1.165) is 12.0 Å². The van der Waals surface area contributed by atoms with E-state index >= 15 is 0 Å². The van der Waals surface area contributed by atoms with Gasteiger partial charge in [-0.15, -0.1) is 0 Å². The first-order valence-corrected chi connectivity index (χ1v) is 12.2. The van der Waals surface area contributed by atoms with Crippen molar-refractivity contribution < 1.29 is 23.4 Å². The molecule has 1 aliphatic heterocycles. The van der Waals surface area contributed by atoms with Crippen LogP contribution in [0.15, 0.2) is 63.8 Å². The molecule has 3 aromatic carbocycles. The van der Waals surface area contributed by atoms with Gasteiger partial charge >= 0.3 is 0 Å². The number of benzene rings is 3. The number of Topliss-reactive ketones (excluding diaryl/α,β-unsaturated/α-hetero) is 1. The first-order chi connectivity index (χ1) is 17.4. The molecule has 0 fully saturated rings. The number of fused-ring (bicyclic) bond motifs is 2. The minimum Gasteiger partial charge on any atom is -0.490 e. The van der Waals surface area contributed by atoms with Crippen LogP contribution in [0.5, 0.6) is 17.2 Å². The summed E-state index contributed by atoms with van der Waals surface area (Å²) in [5.74, 6) is 2.11. The van der Waals surface area contributed by atoms with E-state index in [0.29, 0.717) is 75.3 Å². The van der Waals surface area contributed by atoms with Gasteiger partial charge in [0.25, 0.3) is 0 Å². The fourth-order valence-electron chi connectivity index (χ4n) is 4.30. The minimum atomic E-state index is -0.170. The summed E-state index contributed by atoms with van der Waals surface area (Å²) in [6.45, 7) is 4.75. The summed E-state index contributed by atoms with van der Waals surface area (Å²) in [4.78, 5) is 26.2. The number of ketones is 1. The van der Waals surface area contributed by atoms with Crippen LogP contribution >= 0.6 is 11.6 Å². The van der Waals surface area contributed by atoms with Crippen molar-refractivity contribution in [1.29, 1.82) is 0 Å². The molecule has 0 saturated carbocycles. The zero-order valence-electron chi connectivity index (χ0n) is 20.1. The lowest BCUT2D eigenvalue weighted by Crippen LogP contribution is -2.13. The van der Waals surface area contributed by atoms with E-state index in [1.54, 1.807) is 43.3 Å². The van der Waals surface area contributed by atoms with Gasteiger partial charge in [-0.3, -0.25) is 9.59 Å². The normalized spacial score (nSPS) is 12.9. The minimum absolute atomic E-state index is 0.137. The molecule has 0 N–H and O–H groups in total. The van der Waals surface area contributed by atoms with Crippen molar-refractivity contribution in [2.24, 2.45) is 0 Å². The lowest BCUT2D eigenvalue weighted by Gasteiger charge is -2.14. The SMILES string of the molecule is CCc1cc2c(=O)c(-c3ccc4c(c3)OCCCO4)c(C)oc2cc1OCC(=O)c1ccc(Cl)cc1. The second-order valence-corrected chi connectivity index (χ2v) is 9.04. The number of aryl methyl sites for hydroxylation is 2. The lowest BCUT2D eigenvalue weighted by atomic mass is 10.0. The number of carbonyl (C=O) groups excluding carboxylic acids is 1. The van der Waals surface area contributed by atoms with Gasteiger partial charge in [-0.05, 0) is 66.9 Å². The molecule has 2 heterocycles. The molecule has 1 aromatic heterocycles. The van der Waals surface area contributed by atoms with E-state index in [2.05, 4.69) is 0 Å². The molecule has 5 rings (SSSR count). The molecule has 6 nitrogen and oxygen atoms in total. The standard InChI is InChI=1S/C29H25ClO6/c1-3-18-13-22-26(15-25(18)35-16-23(31)19-5-8-21(30)9-6-19)36-17(2)28(29(22)32)20-7-10-24-27(14-20)34-12-4-11-33-24/h5-10,13-15H,3-4,11-12,16H2,1-2H3. The van der Waals surface area contributed by atoms with Crippen LogP contribution in [0, 0.1) is 6.92 Å². The highest BCUT2D eigenvalue weighted by Crippen LogP contribution is 2.35. The lowest BCUT2D eigenvalue weighted by molar-refractivity contribution is 0.0921. The van der Waals surface area contributed by atoms with Crippen LogP contribution in [0.2, 0.25) is 5.02 Å². The average Bonchev–Trinajstić information content (AvgIpc) is 3.12. The smallest absolute Gasteiger partial charge is 0.200 e. The fraction of sp³-hybridized carbons (Fsp3) is 0.241. The average molecular weight is 505 g/mol. The maximum Gasteiger partial charge on any atom is 0.200 e. The molecule has 0 unspecified atom stereocenters. The summed E-state index contributed by atoms with van der Waals surface area (Å²) in [5.41, 5.74) is 2.78. The first-order valence-electron chi connectivity index (χ1n) is 11.9. The quantitative estimate of drug-likeness (QED) is 0.282. The van der Waals surface area contributed by atoms with E-state index in [1.165, 1.54) is 0 Å². The van der Waals surface area contributed by atoms with Crippen molar-refractivity contribution in [1.82, 2.24) is 0 Å². The molecule has 4 aromatic rings. The van der Waals surface area contributed by atoms with E-state index in [-0.39, 0.29) is 17.8 Å². The Balaban J connectivity index is 1.49. The highest BCUT2D eigenvalue weighted by molar-refractivity contribution is 6.30. The molecule has 36 heavy (non-hydrogen) atoms. The first kappa shape index (κ1) is 23.9. The van der Waals surface area contributed by atoms with Gasteiger partial charge in [0.1, 0.15) is 17.1 Å². The number of halogens is 1. The number of ether oxygens (including phenoxy) is 3. The molecule has 0 aliphatic carbocycles. The van der Waals surface area contributed by atoms with Crippen molar-refractivity contribution in [3.05, 3.63) is 86.7 Å². The second kappa shape index (κ2) is 10.1. The maximum absolute atomic E-state index is 13.6. The zero-order valence-corrected chi connectivity index (χ0v) is 20.8. The van der Waals surface area contributed by atoms with Crippen molar-refractivity contribution in [3.8, 4) is 28.4 Å². The molecule has 0 bridgehead atoms. The highest BCUT2D eigenvalue weighted by atomic mass is 35.5. The molecule has 0 atom stereocenters. The Morgan fingerprint density at radius 2 is 1.75 bits per heavy atom. The molecule has 0 saturated heterocycles. The van der Waals surface area contributed by atoms with Crippen molar-refractivity contribution in [3.63, 3.8) is 0 Å². The van der Waals surface area contributed by atoms with Crippen molar-refractivity contribution in [2.45, 2.75) is 26.7 Å². The third-order valence-electron chi connectivity index (χ3n) is 6.19. The molecule has 7 heteroatoms. The number of hydrogen-bond acceptors (Lipinski definition) is 6. The van der Waals surface area contributed by atoms with Crippen LogP contribution in [0.1, 0.15) is 35.0 Å². The van der Waals surface area contributed by atoms with Crippen LogP contribution in [0.4, 0.5) is 0 Å². The Hall–Kier alpha value is -3.77. The van der Waals surface area contributed by atoms with Gasteiger partial charge < -0.3 is 18.6 Å². The van der Waals surface area contributed by atoms with Gasteiger partial charge in [0.15, 0.2) is 23.9 Å². The molecular formula is C29H25ClO6. The predicted octanol–water partition coefficient (Wildman–Crippen LogP) is 6.41. The predicted molar refractivity (Wildman–Crippen MR) is 139 cm³/mol. The Morgan fingerprint density at radius 3 is 2.50 bits per heavy atom. The monoisotopic (exact) mass is 504 g/mol. The molecular weight excluding hydrogens is 480 g/mol. The molecule has 0 spiro atoms. The van der Waals surface area contributed by atoms with Crippen LogP contribution in [0.25, 0.3) is 22.1 Å². The Bertz CT molecular complexity index is 1500. The largest absolute Gasteiger partial charge is 0.490 e. The molecule has 0 amide bonds. The zero-order chi connectivity index (χ0) is 25.2. The highest BCUT2D eigenvalue weighted by Gasteiger charge is 2.19. The van der Waals surface area contributed by atoms with Gasteiger partial charge in [0.05, 0.1) is 24.2 Å². The van der Waals surface area contributed by atoms with Crippen LogP contribution in [0.3, 0.4) is 0 Å². The number of rotatable bonds is 6. The number of hydrogen-bond donors (Lipinski definition) is 0. The van der Waals surface area contributed by atoms with Crippen LogP contribution < -0.4 is 19.6 Å². The maximum atomic E-state index is 13.6.